The van der Waals surface area contributed by atoms with Crippen LogP contribution in [-0.2, 0) is 10.0 Å². The minimum atomic E-state index is -3.99. The third kappa shape index (κ3) is 3.09. The number of carboxylic acid groups (broad SMARTS) is 1. The summed E-state index contributed by atoms with van der Waals surface area (Å²) in [5.74, 6) is -1.33. The zero-order chi connectivity index (χ0) is 15.8. The van der Waals surface area contributed by atoms with Gasteiger partial charge in [-0.25, -0.2) is 13.2 Å². The number of nitrogens with zero attached hydrogens (tertiary/aromatic N) is 2. The quantitative estimate of drug-likeness (QED) is 0.738. The highest BCUT2D eigenvalue weighted by molar-refractivity contribution is 7.89. The second-order valence-electron chi connectivity index (χ2n) is 5.59. The van der Waals surface area contributed by atoms with Gasteiger partial charge in [-0.1, -0.05) is 0 Å². The molecule has 1 atom stereocenters. The van der Waals surface area contributed by atoms with Crippen molar-refractivity contribution in [3.8, 4) is 0 Å². The molecule has 1 aliphatic rings. The summed E-state index contributed by atoms with van der Waals surface area (Å²) in [6.45, 7) is 3.51. The molecule has 2 heterocycles. The normalized spacial score (nSPS) is 24.7. The molecular formula is C12H19N3O5S. The number of aromatic amines is 1. The van der Waals surface area contributed by atoms with E-state index in [0.29, 0.717) is 19.3 Å². The molecule has 1 aliphatic heterocycles. The van der Waals surface area contributed by atoms with Crippen LogP contribution in [-0.4, -0.2) is 57.8 Å². The highest BCUT2D eigenvalue weighted by Gasteiger charge is 2.36. The van der Waals surface area contributed by atoms with Gasteiger partial charge < -0.3 is 10.2 Å². The Morgan fingerprint density at radius 1 is 1.38 bits per heavy atom. The first-order valence-electron chi connectivity index (χ1n) is 6.66. The van der Waals surface area contributed by atoms with E-state index < -0.39 is 26.6 Å². The Kier molecular flexibility index (Phi) is 4.09. The molecule has 2 rings (SSSR count). The topological polar surface area (TPSA) is 124 Å². The molecule has 0 aliphatic carbocycles. The Morgan fingerprint density at radius 2 is 2.05 bits per heavy atom. The van der Waals surface area contributed by atoms with Crippen molar-refractivity contribution in [1.82, 2.24) is 14.5 Å². The van der Waals surface area contributed by atoms with Crippen LogP contribution in [0, 0.1) is 6.92 Å². The highest BCUT2D eigenvalue weighted by atomic mass is 32.2. The average Bonchev–Trinajstić information content (AvgIpc) is 2.65. The summed E-state index contributed by atoms with van der Waals surface area (Å²) in [6.07, 6.45) is 1.32. The fourth-order valence-electron chi connectivity index (χ4n) is 2.45. The first kappa shape index (κ1) is 15.9. The number of hydrogen-bond donors (Lipinski definition) is 3. The second kappa shape index (κ2) is 5.39. The number of H-pyrrole nitrogens is 1. The molecule has 0 amide bonds. The molecule has 0 saturated carbocycles. The van der Waals surface area contributed by atoms with E-state index in [1.165, 1.54) is 11.2 Å². The minimum Gasteiger partial charge on any atom is -0.478 e. The van der Waals surface area contributed by atoms with Crippen LogP contribution in [0.25, 0.3) is 0 Å². The predicted octanol–water partition coefficient (Wildman–Crippen LogP) is 0.342. The van der Waals surface area contributed by atoms with Crippen molar-refractivity contribution in [3.63, 3.8) is 0 Å². The molecule has 1 aromatic rings. The van der Waals surface area contributed by atoms with Crippen molar-refractivity contribution in [1.29, 1.82) is 0 Å². The summed E-state index contributed by atoms with van der Waals surface area (Å²) in [5, 5.41) is 24.8. The van der Waals surface area contributed by atoms with E-state index in [-0.39, 0.29) is 24.3 Å². The lowest BCUT2D eigenvalue weighted by atomic mass is 9.98. The van der Waals surface area contributed by atoms with Gasteiger partial charge in [-0.2, -0.15) is 9.40 Å². The van der Waals surface area contributed by atoms with Gasteiger partial charge in [0.05, 0.1) is 5.60 Å². The number of hydrogen-bond acceptors (Lipinski definition) is 5. The number of aromatic nitrogens is 2. The maximum absolute atomic E-state index is 12.6. The van der Waals surface area contributed by atoms with Gasteiger partial charge in [-0.05, 0) is 33.1 Å². The van der Waals surface area contributed by atoms with Crippen molar-refractivity contribution in [2.75, 3.05) is 13.1 Å². The Labute approximate surface area is 122 Å². The molecule has 1 aromatic heterocycles. The number of aromatic carboxylic acids is 1. The maximum atomic E-state index is 12.6. The van der Waals surface area contributed by atoms with Crippen molar-refractivity contribution in [2.24, 2.45) is 0 Å². The van der Waals surface area contributed by atoms with Crippen LogP contribution < -0.4 is 0 Å². The van der Waals surface area contributed by atoms with Gasteiger partial charge in [-0.3, -0.25) is 5.10 Å². The number of aryl methyl sites for hydroxylation is 1. The Hall–Kier alpha value is -1.45. The summed E-state index contributed by atoms with van der Waals surface area (Å²) in [5.41, 5.74) is -1.03. The van der Waals surface area contributed by atoms with Gasteiger partial charge >= 0.3 is 5.97 Å². The lowest BCUT2D eigenvalue weighted by Crippen LogP contribution is -2.34. The third-order valence-corrected chi connectivity index (χ3v) is 5.56. The SMILES string of the molecule is Cc1[nH]nc(S(=O)(=O)N2CCCC(C)(O)CC2)c1C(=O)O. The predicted molar refractivity (Wildman–Crippen MR) is 73.5 cm³/mol. The molecule has 21 heavy (non-hydrogen) atoms. The second-order valence-corrected chi connectivity index (χ2v) is 7.44. The fourth-order valence-corrected chi connectivity index (χ4v) is 4.05. The molecule has 118 valence electrons. The lowest BCUT2D eigenvalue weighted by Gasteiger charge is -2.21. The zero-order valence-corrected chi connectivity index (χ0v) is 12.8. The van der Waals surface area contributed by atoms with Crippen molar-refractivity contribution in [3.05, 3.63) is 11.3 Å². The molecule has 9 heteroatoms. The molecule has 0 spiro atoms. The molecule has 0 bridgehead atoms. The molecule has 1 saturated heterocycles. The van der Waals surface area contributed by atoms with Crippen LogP contribution in [0.2, 0.25) is 0 Å². The summed E-state index contributed by atoms with van der Waals surface area (Å²) in [4.78, 5) is 11.2. The van der Waals surface area contributed by atoms with E-state index in [9.17, 15) is 18.3 Å². The van der Waals surface area contributed by atoms with Crippen LogP contribution in [0.3, 0.4) is 0 Å². The first-order valence-corrected chi connectivity index (χ1v) is 8.10. The molecule has 3 N–H and O–H groups in total. The van der Waals surface area contributed by atoms with E-state index >= 15 is 0 Å². The number of rotatable bonds is 3. The number of carboxylic acids is 1. The van der Waals surface area contributed by atoms with Gasteiger partial charge in [-0.15, -0.1) is 0 Å². The molecule has 0 radical (unpaired) electrons. The summed E-state index contributed by atoms with van der Waals surface area (Å²) >= 11 is 0. The van der Waals surface area contributed by atoms with Crippen LogP contribution in [0.15, 0.2) is 5.03 Å². The van der Waals surface area contributed by atoms with Gasteiger partial charge in [0.1, 0.15) is 5.56 Å². The van der Waals surface area contributed by atoms with Crippen molar-refractivity contribution < 1.29 is 23.4 Å². The van der Waals surface area contributed by atoms with Crippen molar-refractivity contribution in [2.45, 2.75) is 43.7 Å². The maximum Gasteiger partial charge on any atom is 0.340 e. The number of nitrogens with one attached hydrogen (secondary N) is 1. The molecule has 1 fully saturated rings. The molecular weight excluding hydrogens is 298 g/mol. The van der Waals surface area contributed by atoms with Crippen LogP contribution in [0.4, 0.5) is 0 Å². The standard InChI is InChI=1S/C12H19N3O5S/c1-8-9(11(16)17)10(14-13-8)21(19,20)15-6-3-4-12(2,18)5-7-15/h18H,3-7H2,1-2H3,(H,13,14)(H,16,17). The summed E-state index contributed by atoms with van der Waals surface area (Å²) in [6, 6.07) is 0. The van der Waals surface area contributed by atoms with E-state index in [0.717, 1.165) is 0 Å². The van der Waals surface area contributed by atoms with E-state index in [1.807, 2.05) is 0 Å². The summed E-state index contributed by atoms with van der Waals surface area (Å²) < 4.78 is 26.4. The third-order valence-electron chi connectivity index (χ3n) is 3.73. The van der Waals surface area contributed by atoms with E-state index in [2.05, 4.69) is 10.2 Å². The lowest BCUT2D eigenvalue weighted by molar-refractivity contribution is 0.0464. The van der Waals surface area contributed by atoms with Gasteiger partial charge in [0.2, 0.25) is 5.03 Å². The van der Waals surface area contributed by atoms with Gasteiger partial charge in [0.15, 0.2) is 0 Å². The number of aliphatic hydroxyl groups is 1. The van der Waals surface area contributed by atoms with Gasteiger partial charge in [0, 0.05) is 18.8 Å². The minimum absolute atomic E-state index is 0.139. The van der Waals surface area contributed by atoms with Crippen LogP contribution >= 0.6 is 0 Å². The Bertz CT molecular complexity index is 650. The van der Waals surface area contributed by atoms with Crippen LogP contribution in [0.1, 0.15) is 42.2 Å². The Morgan fingerprint density at radius 3 is 2.67 bits per heavy atom. The van der Waals surface area contributed by atoms with E-state index in [1.54, 1.807) is 6.92 Å². The molecule has 8 nitrogen and oxygen atoms in total. The fraction of sp³-hybridized carbons (Fsp3) is 0.667. The molecule has 0 aromatic carbocycles. The number of carbonyl (C=O) groups is 1. The summed E-state index contributed by atoms with van der Waals surface area (Å²) in [7, 11) is -3.99. The smallest absolute Gasteiger partial charge is 0.340 e. The number of sulfonamides is 1. The first-order chi connectivity index (χ1) is 9.65. The van der Waals surface area contributed by atoms with E-state index in [4.69, 9.17) is 5.11 Å². The monoisotopic (exact) mass is 317 g/mol. The Balaban J connectivity index is 2.37. The van der Waals surface area contributed by atoms with Crippen LogP contribution in [0.5, 0.6) is 0 Å². The average molecular weight is 317 g/mol. The zero-order valence-electron chi connectivity index (χ0n) is 12.0. The van der Waals surface area contributed by atoms with Gasteiger partial charge in [0.25, 0.3) is 10.0 Å². The largest absolute Gasteiger partial charge is 0.478 e. The van der Waals surface area contributed by atoms with Crippen molar-refractivity contribution >= 4 is 16.0 Å². The highest BCUT2D eigenvalue weighted by Crippen LogP contribution is 2.26. The molecule has 1 unspecified atom stereocenters.